The van der Waals surface area contributed by atoms with Crippen LogP contribution in [0, 0.1) is 5.92 Å². The maximum Gasteiger partial charge on any atom is 0.306 e. The molecule has 0 unspecified atom stereocenters. The van der Waals surface area contributed by atoms with Gasteiger partial charge in [0, 0.05) is 19.3 Å². The Balaban J connectivity index is 4.28. The molecule has 1 atom stereocenters. The third-order valence-corrected chi connectivity index (χ3v) is 10.5. The molecule has 0 heterocycles. The van der Waals surface area contributed by atoms with Gasteiger partial charge in [-0.3, -0.25) is 14.4 Å². The number of esters is 3. The summed E-state index contributed by atoms with van der Waals surface area (Å²) in [5.74, 6) is -0.0210. The lowest BCUT2D eigenvalue weighted by Crippen LogP contribution is -2.30. The van der Waals surface area contributed by atoms with Crippen molar-refractivity contribution in [2.45, 2.75) is 265 Å². The lowest BCUT2D eigenvalue weighted by atomic mass is 10.0. The Hall–Kier alpha value is -1.59. The van der Waals surface area contributed by atoms with Crippen molar-refractivity contribution in [3.8, 4) is 0 Å². The van der Waals surface area contributed by atoms with Crippen LogP contribution in [0.4, 0.5) is 0 Å². The third-order valence-electron chi connectivity index (χ3n) is 10.5. The van der Waals surface area contributed by atoms with Crippen molar-refractivity contribution >= 4 is 17.9 Å². The third kappa shape index (κ3) is 41.4. The first kappa shape index (κ1) is 51.4. The Morgan fingerprint density at radius 1 is 0.358 bits per heavy atom. The average molecular weight is 751 g/mol. The fourth-order valence-electron chi connectivity index (χ4n) is 6.98. The Bertz CT molecular complexity index is 796. The second-order valence-electron chi connectivity index (χ2n) is 16.5. The first-order chi connectivity index (χ1) is 25.9. The van der Waals surface area contributed by atoms with Crippen LogP contribution in [0.25, 0.3) is 0 Å². The topological polar surface area (TPSA) is 78.9 Å². The molecular formula is C47H90O6. The van der Waals surface area contributed by atoms with Crippen molar-refractivity contribution in [1.82, 2.24) is 0 Å². The van der Waals surface area contributed by atoms with Crippen LogP contribution >= 0.6 is 0 Å². The molecule has 0 fully saturated rings. The van der Waals surface area contributed by atoms with Gasteiger partial charge in [0.1, 0.15) is 13.2 Å². The van der Waals surface area contributed by atoms with Crippen molar-refractivity contribution in [2.75, 3.05) is 13.2 Å². The fourth-order valence-corrected chi connectivity index (χ4v) is 6.98. The molecule has 0 aromatic rings. The summed E-state index contributed by atoms with van der Waals surface area (Å²) in [4.78, 5) is 37.7. The summed E-state index contributed by atoms with van der Waals surface area (Å²) in [7, 11) is 0. The molecule has 0 rings (SSSR count). The van der Waals surface area contributed by atoms with Gasteiger partial charge in [0.05, 0.1) is 0 Å². The Morgan fingerprint density at radius 3 is 0.925 bits per heavy atom. The molecule has 314 valence electrons. The zero-order chi connectivity index (χ0) is 38.9. The van der Waals surface area contributed by atoms with Crippen molar-refractivity contribution < 1.29 is 28.6 Å². The predicted molar refractivity (Wildman–Crippen MR) is 224 cm³/mol. The van der Waals surface area contributed by atoms with Gasteiger partial charge in [-0.2, -0.15) is 0 Å². The molecule has 0 amide bonds. The normalized spacial score (nSPS) is 11.9. The van der Waals surface area contributed by atoms with Crippen LogP contribution in [0.2, 0.25) is 0 Å². The molecule has 6 nitrogen and oxygen atoms in total. The summed E-state index contributed by atoms with van der Waals surface area (Å²) in [6.07, 6.45) is 40.8. The molecule has 0 aromatic carbocycles. The average Bonchev–Trinajstić information content (AvgIpc) is 3.14. The lowest BCUT2D eigenvalue weighted by molar-refractivity contribution is -0.167. The number of hydrogen-bond acceptors (Lipinski definition) is 6. The maximum atomic E-state index is 12.7. The van der Waals surface area contributed by atoms with Gasteiger partial charge < -0.3 is 14.2 Å². The van der Waals surface area contributed by atoms with E-state index in [-0.39, 0.29) is 31.1 Å². The first-order valence-electron chi connectivity index (χ1n) is 23.4. The molecule has 0 bridgehead atoms. The highest BCUT2D eigenvalue weighted by Crippen LogP contribution is 2.16. The summed E-state index contributed by atoms with van der Waals surface area (Å²) >= 11 is 0. The molecule has 53 heavy (non-hydrogen) atoms. The summed E-state index contributed by atoms with van der Waals surface area (Å²) in [5.41, 5.74) is 0. The quantitative estimate of drug-likeness (QED) is 0.0351. The number of hydrogen-bond donors (Lipinski definition) is 0. The van der Waals surface area contributed by atoms with Crippen LogP contribution in [0.1, 0.15) is 259 Å². The van der Waals surface area contributed by atoms with Gasteiger partial charge in [0.25, 0.3) is 0 Å². The van der Waals surface area contributed by atoms with Crippen LogP contribution in [0.15, 0.2) is 0 Å². The van der Waals surface area contributed by atoms with E-state index < -0.39 is 6.10 Å². The SMILES string of the molecule is CCCCCCCCCCCCCC(=O)O[C@@H](COC(=O)CCCCCCCCCCC)COC(=O)CCCCCCCCCCCCCCC(C)C. The van der Waals surface area contributed by atoms with Crippen molar-refractivity contribution in [1.29, 1.82) is 0 Å². The lowest BCUT2D eigenvalue weighted by Gasteiger charge is -2.18. The van der Waals surface area contributed by atoms with Gasteiger partial charge in [-0.05, 0) is 25.2 Å². The van der Waals surface area contributed by atoms with Crippen LogP contribution in [-0.2, 0) is 28.6 Å². The smallest absolute Gasteiger partial charge is 0.306 e. The van der Waals surface area contributed by atoms with Crippen molar-refractivity contribution in [3.05, 3.63) is 0 Å². The minimum absolute atomic E-state index is 0.0636. The molecule has 0 aliphatic rings. The minimum atomic E-state index is -0.758. The zero-order valence-corrected chi connectivity index (χ0v) is 36.0. The van der Waals surface area contributed by atoms with E-state index in [1.165, 1.54) is 154 Å². The van der Waals surface area contributed by atoms with E-state index in [4.69, 9.17) is 14.2 Å². The Labute approximate surface area is 329 Å². The highest BCUT2D eigenvalue weighted by atomic mass is 16.6. The molecule has 0 N–H and O–H groups in total. The number of rotatable bonds is 42. The summed E-state index contributed by atoms with van der Waals surface area (Å²) in [5, 5.41) is 0. The summed E-state index contributed by atoms with van der Waals surface area (Å²) < 4.78 is 16.7. The Morgan fingerprint density at radius 2 is 0.623 bits per heavy atom. The summed E-state index contributed by atoms with van der Waals surface area (Å²) in [6, 6.07) is 0. The molecular weight excluding hydrogens is 661 g/mol. The molecule has 6 heteroatoms. The van der Waals surface area contributed by atoms with E-state index >= 15 is 0 Å². The van der Waals surface area contributed by atoms with E-state index in [1.807, 2.05) is 0 Å². The number of unbranched alkanes of at least 4 members (excludes halogenated alkanes) is 29. The monoisotopic (exact) mass is 751 g/mol. The van der Waals surface area contributed by atoms with Gasteiger partial charge in [-0.25, -0.2) is 0 Å². The van der Waals surface area contributed by atoms with E-state index in [0.717, 1.165) is 63.7 Å². The van der Waals surface area contributed by atoms with E-state index in [0.29, 0.717) is 19.3 Å². The van der Waals surface area contributed by atoms with Gasteiger partial charge in [0.15, 0.2) is 6.10 Å². The zero-order valence-electron chi connectivity index (χ0n) is 36.0. The van der Waals surface area contributed by atoms with Gasteiger partial charge >= 0.3 is 17.9 Å². The molecule has 0 aliphatic carbocycles. The molecule has 0 spiro atoms. The van der Waals surface area contributed by atoms with Gasteiger partial charge in [-0.1, -0.05) is 220 Å². The van der Waals surface area contributed by atoms with E-state index in [9.17, 15) is 14.4 Å². The fraction of sp³-hybridized carbons (Fsp3) is 0.936. The highest BCUT2D eigenvalue weighted by Gasteiger charge is 2.19. The Kier molecular flexibility index (Phi) is 40.3. The highest BCUT2D eigenvalue weighted by molar-refractivity contribution is 5.71. The molecule has 0 aliphatic heterocycles. The molecule has 0 saturated carbocycles. The van der Waals surface area contributed by atoms with E-state index in [2.05, 4.69) is 27.7 Å². The number of carbonyl (C=O) groups is 3. The van der Waals surface area contributed by atoms with Crippen LogP contribution < -0.4 is 0 Å². The van der Waals surface area contributed by atoms with Crippen LogP contribution in [0.3, 0.4) is 0 Å². The predicted octanol–water partition coefficient (Wildman–Crippen LogP) is 14.7. The van der Waals surface area contributed by atoms with Crippen LogP contribution in [0.5, 0.6) is 0 Å². The maximum absolute atomic E-state index is 12.7. The van der Waals surface area contributed by atoms with Crippen molar-refractivity contribution in [2.24, 2.45) is 5.92 Å². The largest absolute Gasteiger partial charge is 0.462 e. The first-order valence-corrected chi connectivity index (χ1v) is 23.4. The van der Waals surface area contributed by atoms with Gasteiger partial charge in [-0.15, -0.1) is 0 Å². The second-order valence-corrected chi connectivity index (χ2v) is 16.5. The van der Waals surface area contributed by atoms with Crippen LogP contribution in [-0.4, -0.2) is 37.2 Å². The van der Waals surface area contributed by atoms with Crippen molar-refractivity contribution in [3.63, 3.8) is 0 Å². The number of ether oxygens (including phenoxy) is 3. The standard InChI is InChI=1S/C47H90O6/c1-5-7-9-11-13-15-18-24-28-32-36-40-47(50)53-44(41-51-45(48)38-34-30-26-21-14-12-10-8-6-2)42-52-46(49)39-35-31-27-23-20-17-16-19-22-25-29-33-37-43(3)4/h43-44H,5-42H2,1-4H3/t44-/m0/s1. The molecule has 0 aromatic heterocycles. The molecule has 0 saturated heterocycles. The van der Waals surface area contributed by atoms with Gasteiger partial charge in [0.2, 0.25) is 0 Å². The summed E-state index contributed by atoms with van der Waals surface area (Å²) in [6.45, 7) is 8.98. The second kappa shape index (κ2) is 41.6. The molecule has 0 radical (unpaired) electrons. The minimum Gasteiger partial charge on any atom is -0.462 e. The number of carbonyl (C=O) groups excluding carboxylic acids is 3. The van der Waals surface area contributed by atoms with E-state index in [1.54, 1.807) is 0 Å².